The minimum atomic E-state index is -0.406. The molecule has 1 N–H and O–H groups in total. The summed E-state index contributed by atoms with van der Waals surface area (Å²) in [5.74, 6) is 0.162. The quantitative estimate of drug-likeness (QED) is 0.576. The number of methoxy groups -OCH3 is 1. The van der Waals surface area contributed by atoms with Gasteiger partial charge < -0.3 is 14.8 Å². The summed E-state index contributed by atoms with van der Waals surface area (Å²) in [7, 11) is 1.38. The van der Waals surface area contributed by atoms with E-state index in [1.165, 1.54) is 19.2 Å². The van der Waals surface area contributed by atoms with Crippen molar-refractivity contribution in [2.24, 2.45) is 5.41 Å². The van der Waals surface area contributed by atoms with Crippen LogP contribution in [0.5, 0.6) is 5.75 Å². The minimum Gasteiger partial charge on any atom is -0.488 e. The third-order valence-corrected chi connectivity index (χ3v) is 7.17. The maximum atomic E-state index is 14.1. The molecule has 2 aliphatic rings. The fourth-order valence-corrected chi connectivity index (χ4v) is 5.12. The van der Waals surface area contributed by atoms with Crippen LogP contribution in [0.3, 0.4) is 0 Å². The molecule has 0 saturated heterocycles. The minimum absolute atomic E-state index is 0.0695. The van der Waals surface area contributed by atoms with Gasteiger partial charge in [0, 0.05) is 22.2 Å². The number of carbonyl (C=O) groups is 1. The van der Waals surface area contributed by atoms with Crippen LogP contribution in [0, 0.1) is 11.2 Å². The number of hydrogen-bond acceptors (Lipinski definition) is 5. The lowest BCUT2D eigenvalue weighted by Crippen LogP contribution is -2.33. The van der Waals surface area contributed by atoms with Crippen molar-refractivity contribution >= 4 is 28.8 Å². The Hall–Kier alpha value is -2.54. The number of anilines is 1. The number of ether oxygens (including phenoxy) is 2. The van der Waals surface area contributed by atoms with Gasteiger partial charge in [-0.05, 0) is 61.6 Å². The molecule has 0 unspecified atom stereocenters. The average molecular weight is 445 g/mol. The first-order valence-electron chi connectivity index (χ1n) is 10.6. The van der Waals surface area contributed by atoms with E-state index >= 15 is 0 Å². The van der Waals surface area contributed by atoms with Crippen LogP contribution in [-0.2, 0) is 11.3 Å². The first-order valence-corrected chi connectivity index (χ1v) is 11.5. The molecule has 1 aliphatic heterocycles. The molecule has 1 amide bonds. The molecule has 1 fully saturated rings. The van der Waals surface area contributed by atoms with Crippen LogP contribution in [0.1, 0.15) is 56.9 Å². The second kappa shape index (κ2) is 8.54. The van der Waals surface area contributed by atoms with Crippen LogP contribution in [0.15, 0.2) is 35.3 Å². The molecule has 2 aromatic rings. The number of rotatable bonds is 4. The van der Waals surface area contributed by atoms with E-state index in [2.05, 4.69) is 19.2 Å². The summed E-state index contributed by atoms with van der Waals surface area (Å²) < 4.78 is 25.3. The first kappa shape index (κ1) is 21.7. The van der Waals surface area contributed by atoms with Gasteiger partial charge in [-0.15, -0.1) is 11.3 Å². The van der Waals surface area contributed by atoms with Crippen molar-refractivity contribution in [2.45, 2.75) is 59.1 Å². The SMILES string of the molecule is COC(=O)N1Cc2sccc2C(Nc2ccc(F)cc2OC2CCC(C)(C)CC2)=C1C. The molecule has 166 valence electrons. The number of nitrogens with one attached hydrogen (secondary N) is 1. The predicted molar refractivity (Wildman–Crippen MR) is 122 cm³/mol. The van der Waals surface area contributed by atoms with Gasteiger partial charge in [0.2, 0.25) is 0 Å². The fraction of sp³-hybridized carbons (Fsp3) is 0.458. The van der Waals surface area contributed by atoms with Gasteiger partial charge in [0.25, 0.3) is 0 Å². The van der Waals surface area contributed by atoms with E-state index in [1.807, 2.05) is 18.4 Å². The molecule has 0 spiro atoms. The number of benzene rings is 1. The molecule has 7 heteroatoms. The molecule has 1 aromatic carbocycles. The highest BCUT2D eigenvalue weighted by Gasteiger charge is 2.30. The van der Waals surface area contributed by atoms with E-state index in [1.54, 1.807) is 22.3 Å². The lowest BCUT2D eigenvalue weighted by molar-refractivity contribution is 0.0991. The van der Waals surface area contributed by atoms with Crippen LogP contribution in [0.4, 0.5) is 14.9 Å². The Morgan fingerprint density at radius 2 is 2.00 bits per heavy atom. The van der Waals surface area contributed by atoms with Gasteiger partial charge in [0.05, 0.1) is 31.1 Å². The molecule has 0 radical (unpaired) electrons. The summed E-state index contributed by atoms with van der Waals surface area (Å²) in [5, 5.41) is 5.43. The summed E-state index contributed by atoms with van der Waals surface area (Å²) in [6.07, 6.45) is 3.75. The number of amides is 1. The Kier molecular flexibility index (Phi) is 5.97. The summed E-state index contributed by atoms with van der Waals surface area (Å²) in [4.78, 5) is 15.0. The Morgan fingerprint density at radius 3 is 2.71 bits per heavy atom. The molecular weight excluding hydrogens is 415 g/mol. The number of hydrogen-bond donors (Lipinski definition) is 1. The molecule has 31 heavy (non-hydrogen) atoms. The zero-order valence-electron chi connectivity index (χ0n) is 18.5. The van der Waals surface area contributed by atoms with Crippen LogP contribution >= 0.6 is 11.3 Å². The number of halogens is 1. The highest BCUT2D eigenvalue weighted by atomic mass is 32.1. The largest absolute Gasteiger partial charge is 0.488 e. The Morgan fingerprint density at radius 1 is 1.26 bits per heavy atom. The topological polar surface area (TPSA) is 50.8 Å². The van der Waals surface area contributed by atoms with E-state index in [0.717, 1.165) is 47.5 Å². The van der Waals surface area contributed by atoms with Gasteiger partial charge in [0.1, 0.15) is 11.6 Å². The smallest absolute Gasteiger partial charge is 0.414 e. The third-order valence-electron chi connectivity index (χ3n) is 6.26. The Balaban J connectivity index is 1.63. The Labute approximate surface area is 186 Å². The van der Waals surface area contributed by atoms with Crippen molar-refractivity contribution in [1.82, 2.24) is 4.90 Å². The summed E-state index contributed by atoms with van der Waals surface area (Å²) in [5.41, 5.74) is 3.61. The molecule has 2 heterocycles. The normalized spacial score (nSPS) is 18.5. The van der Waals surface area contributed by atoms with E-state index < -0.39 is 6.09 Å². The molecule has 5 nitrogen and oxygen atoms in total. The maximum Gasteiger partial charge on any atom is 0.414 e. The second-order valence-corrected chi connectivity index (χ2v) is 10.0. The number of fused-ring (bicyclic) bond motifs is 1. The van der Waals surface area contributed by atoms with Crippen LogP contribution < -0.4 is 10.1 Å². The van der Waals surface area contributed by atoms with Crippen molar-refractivity contribution in [3.63, 3.8) is 0 Å². The molecule has 0 bridgehead atoms. The molecule has 1 aliphatic carbocycles. The molecule has 1 saturated carbocycles. The number of nitrogens with zero attached hydrogens (tertiary/aromatic N) is 1. The van der Waals surface area contributed by atoms with Crippen LogP contribution in [0.2, 0.25) is 0 Å². The molecule has 4 rings (SSSR count). The highest BCUT2D eigenvalue weighted by Crippen LogP contribution is 2.40. The number of allylic oxidation sites excluding steroid dienone is 1. The zero-order chi connectivity index (χ0) is 22.2. The van der Waals surface area contributed by atoms with E-state index in [9.17, 15) is 9.18 Å². The van der Waals surface area contributed by atoms with Crippen molar-refractivity contribution in [3.05, 3.63) is 51.6 Å². The van der Waals surface area contributed by atoms with Gasteiger partial charge >= 0.3 is 6.09 Å². The van der Waals surface area contributed by atoms with Crippen molar-refractivity contribution in [1.29, 1.82) is 0 Å². The maximum absolute atomic E-state index is 14.1. The lowest BCUT2D eigenvalue weighted by Gasteiger charge is -2.35. The van der Waals surface area contributed by atoms with Crippen molar-refractivity contribution in [2.75, 3.05) is 12.4 Å². The monoisotopic (exact) mass is 444 g/mol. The Bertz CT molecular complexity index is 1000. The standard InChI is InChI=1S/C24H29FN2O3S/c1-15-22(18-9-12-31-21(18)14-27(15)23(28)29-4)26-19-6-5-16(25)13-20(19)30-17-7-10-24(2,3)11-8-17/h5-6,9,12-13,17,26H,7-8,10-11,14H2,1-4H3. The third kappa shape index (κ3) is 4.56. The summed E-state index contributed by atoms with van der Waals surface area (Å²) in [6, 6.07) is 6.59. The van der Waals surface area contributed by atoms with E-state index in [0.29, 0.717) is 23.4 Å². The van der Waals surface area contributed by atoms with Gasteiger partial charge in [-0.2, -0.15) is 0 Å². The zero-order valence-corrected chi connectivity index (χ0v) is 19.3. The van der Waals surface area contributed by atoms with Gasteiger partial charge in [-0.1, -0.05) is 13.8 Å². The van der Waals surface area contributed by atoms with Gasteiger partial charge in [-0.25, -0.2) is 9.18 Å². The average Bonchev–Trinajstić information content (AvgIpc) is 3.21. The fourth-order valence-electron chi connectivity index (χ4n) is 4.25. The van der Waals surface area contributed by atoms with Crippen molar-refractivity contribution in [3.8, 4) is 5.75 Å². The summed E-state index contributed by atoms with van der Waals surface area (Å²) >= 11 is 1.59. The van der Waals surface area contributed by atoms with E-state index in [-0.39, 0.29) is 11.9 Å². The number of thiophene rings is 1. The highest BCUT2D eigenvalue weighted by molar-refractivity contribution is 7.10. The van der Waals surface area contributed by atoms with E-state index in [4.69, 9.17) is 9.47 Å². The molecular formula is C24H29FN2O3S. The lowest BCUT2D eigenvalue weighted by atomic mass is 9.76. The number of carbonyl (C=O) groups excluding carboxylic acids is 1. The van der Waals surface area contributed by atoms with Gasteiger partial charge in [0.15, 0.2) is 0 Å². The van der Waals surface area contributed by atoms with Crippen LogP contribution in [-0.4, -0.2) is 24.2 Å². The van der Waals surface area contributed by atoms with Crippen LogP contribution in [0.25, 0.3) is 5.70 Å². The second-order valence-electron chi connectivity index (χ2n) is 9.02. The summed E-state index contributed by atoms with van der Waals surface area (Å²) in [6.45, 7) is 6.92. The predicted octanol–water partition coefficient (Wildman–Crippen LogP) is 6.62. The van der Waals surface area contributed by atoms with Crippen molar-refractivity contribution < 1.29 is 18.7 Å². The molecule has 1 aromatic heterocycles. The molecule has 0 atom stereocenters. The first-order chi connectivity index (χ1) is 14.8. The van der Waals surface area contributed by atoms with Gasteiger partial charge in [-0.3, -0.25) is 4.90 Å².